The molecule has 0 fully saturated rings. The van der Waals surface area contributed by atoms with Crippen LogP contribution in [0.15, 0.2) is 48.5 Å². The highest BCUT2D eigenvalue weighted by atomic mass is 35.5. The SMILES string of the molecule is CSCC[C@@H](NC(=O)c1ccc(Cl)cc1)C(=O)OCc1cccc(C)c1. The second kappa shape index (κ2) is 10.2. The molecule has 0 heterocycles. The first-order valence-corrected chi connectivity index (χ1v) is 10.0. The Kier molecular flexibility index (Phi) is 8.01. The predicted octanol–water partition coefficient (Wildman–Crippen LogP) is 4.24. The number of amides is 1. The third-order valence-corrected chi connectivity index (χ3v) is 4.67. The molecular formula is C20H22ClNO3S. The zero-order valence-corrected chi connectivity index (χ0v) is 16.4. The molecule has 6 heteroatoms. The van der Waals surface area contributed by atoms with Crippen molar-refractivity contribution in [2.75, 3.05) is 12.0 Å². The van der Waals surface area contributed by atoms with E-state index in [-0.39, 0.29) is 12.5 Å². The summed E-state index contributed by atoms with van der Waals surface area (Å²) in [6.07, 6.45) is 2.46. The fourth-order valence-electron chi connectivity index (χ4n) is 2.38. The van der Waals surface area contributed by atoms with Crippen molar-refractivity contribution < 1.29 is 14.3 Å². The third-order valence-electron chi connectivity index (χ3n) is 3.77. The van der Waals surface area contributed by atoms with Crippen LogP contribution < -0.4 is 5.32 Å². The summed E-state index contributed by atoms with van der Waals surface area (Å²) >= 11 is 7.46. The number of hydrogen-bond donors (Lipinski definition) is 1. The molecule has 2 aromatic carbocycles. The summed E-state index contributed by atoms with van der Waals surface area (Å²) < 4.78 is 5.41. The van der Waals surface area contributed by atoms with E-state index in [1.54, 1.807) is 36.0 Å². The van der Waals surface area contributed by atoms with Gasteiger partial charge in [0.15, 0.2) is 0 Å². The molecular weight excluding hydrogens is 370 g/mol. The molecule has 0 unspecified atom stereocenters. The van der Waals surface area contributed by atoms with Gasteiger partial charge in [0.1, 0.15) is 12.6 Å². The Morgan fingerprint density at radius 1 is 1.19 bits per heavy atom. The molecule has 2 aromatic rings. The molecule has 1 atom stereocenters. The van der Waals surface area contributed by atoms with E-state index >= 15 is 0 Å². The van der Waals surface area contributed by atoms with Crippen molar-refractivity contribution >= 4 is 35.2 Å². The van der Waals surface area contributed by atoms with Crippen LogP contribution in [0.2, 0.25) is 5.02 Å². The molecule has 0 aliphatic heterocycles. The Labute approximate surface area is 163 Å². The van der Waals surface area contributed by atoms with E-state index < -0.39 is 12.0 Å². The van der Waals surface area contributed by atoms with Gasteiger partial charge in [0.2, 0.25) is 0 Å². The van der Waals surface area contributed by atoms with Crippen molar-refractivity contribution in [1.29, 1.82) is 0 Å². The van der Waals surface area contributed by atoms with Crippen molar-refractivity contribution in [3.05, 3.63) is 70.2 Å². The summed E-state index contributed by atoms with van der Waals surface area (Å²) in [6.45, 7) is 2.17. The van der Waals surface area contributed by atoms with Crippen LogP contribution in [0.25, 0.3) is 0 Å². The Bertz CT molecular complexity index is 749. The zero-order valence-electron chi connectivity index (χ0n) is 14.8. The quantitative estimate of drug-likeness (QED) is 0.683. The summed E-state index contributed by atoms with van der Waals surface area (Å²) in [4.78, 5) is 24.8. The standard InChI is InChI=1S/C20H22ClNO3S/c1-14-4-3-5-15(12-14)13-25-20(24)18(10-11-26-2)22-19(23)16-6-8-17(21)9-7-16/h3-9,12,18H,10-11,13H2,1-2H3,(H,22,23)/t18-/m1/s1. The fraction of sp³-hybridized carbons (Fsp3) is 0.300. The molecule has 1 amide bonds. The van der Waals surface area contributed by atoms with Gasteiger partial charge in [-0.05, 0) is 55.2 Å². The number of esters is 1. The van der Waals surface area contributed by atoms with Gasteiger partial charge in [-0.3, -0.25) is 4.79 Å². The lowest BCUT2D eigenvalue weighted by atomic mass is 10.1. The summed E-state index contributed by atoms with van der Waals surface area (Å²) in [5.41, 5.74) is 2.48. The first kappa shape index (κ1) is 20.3. The second-order valence-electron chi connectivity index (χ2n) is 5.91. The van der Waals surface area contributed by atoms with Crippen LogP contribution in [0.4, 0.5) is 0 Å². The topological polar surface area (TPSA) is 55.4 Å². The van der Waals surface area contributed by atoms with Gasteiger partial charge in [0, 0.05) is 10.6 Å². The number of nitrogens with one attached hydrogen (secondary N) is 1. The molecule has 0 saturated carbocycles. The predicted molar refractivity (Wildman–Crippen MR) is 107 cm³/mol. The molecule has 138 valence electrons. The largest absolute Gasteiger partial charge is 0.459 e. The number of rotatable bonds is 8. The highest BCUT2D eigenvalue weighted by Gasteiger charge is 2.22. The van der Waals surface area contributed by atoms with Gasteiger partial charge in [-0.1, -0.05) is 41.4 Å². The summed E-state index contributed by atoms with van der Waals surface area (Å²) in [7, 11) is 0. The first-order chi connectivity index (χ1) is 12.5. The highest BCUT2D eigenvalue weighted by Crippen LogP contribution is 2.11. The molecule has 0 spiro atoms. The summed E-state index contributed by atoms with van der Waals surface area (Å²) in [5, 5.41) is 3.32. The Hall–Kier alpha value is -1.98. The van der Waals surface area contributed by atoms with Crippen molar-refractivity contribution in [3.63, 3.8) is 0 Å². The van der Waals surface area contributed by atoms with E-state index in [0.717, 1.165) is 16.9 Å². The third kappa shape index (κ3) is 6.39. The first-order valence-electron chi connectivity index (χ1n) is 8.27. The molecule has 2 rings (SSSR count). The second-order valence-corrected chi connectivity index (χ2v) is 7.33. The van der Waals surface area contributed by atoms with Crippen LogP contribution in [0.3, 0.4) is 0 Å². The van der Waals surface area contributed by atoms with Crippen molar-refractivity contribution in [3.8, 4) is 0 Å². The number of halogens is 1. The summed E-state index contributed by atoms with van der Waals surface area (Å²) in [5.74, 6) is -0.00591. The molecule has 4 nitrogen and oxygen atoms in total. The van der Waals surface area contributed by atoms with Gasteiger partial charge < -0.3 is 10.1 Å². The average Bonchev–Trinajstić information content (AvgIpc) is 2.63. The number of thioether (sulfide) groups is 1. The van der Waals surface area contributed by atoms with Gasteiger partial charge >= 0.3 is 5.97 Å². The molecule has 1 N–H and O–H groups in total. The smallest absolute Gasteiger partial charge is 0.329 e. The number of carbonyl (C=O) groups excluding carboxylic acids is 2. The minimum Gasteiger partial charge on any atom is -0.459 e. The zero-order chi connectivity index (χ0) is 18.9. The van der Waals surface area contributed by atoms with Gasteiger partial charge in [0.25, 0.3) is 5.91 Å². The van der Waals surface area contributed by atoms with Gasteiger partial charge in [-0.25, -0.2) is 4.79 Å². The van der Waals surface area contributed by atoms with Gasteiger partial charge in [0.05, 0.1) is 0 Å². The molecule has 0 aliphatic carbocycles. The highest BCUT2D eigenvalue weighted by molar-refractivity contribution is 7.98. The lowest BCUT2D eigenvalue weighted by molar-refractivity contribution is -0.147. The monoisotopic (exact) mass is 391 g/mol. The lowest BCUT2D eigenvalue weighted by Crippen LogP contribution is -2.42. The van der Waals surface area contributed by atoms with Crippen LogP contribution in [0.5, 0.6) is 0 Å². The molecule has 0 aliphatic rings. The fourth-order valence-corrected chi connectivity index (χ4v) is 2.98. The number of hydrogen-bond acceptors (Lipinski definition) is 4. The van der Waals surface area contributed by atoms with E-state index in [9.17, 15) is 9.59 Å². The van der Waals surface area contributed by atoms with Crippen LogP contribution in [-0.2, 0) is 16.1 Å². The van der Waals surface area contributed by atoms with E-state index in [0.29, 0.717) is 17.0 Å². The number of carbonyl (C=O) groups is 2. The minimum absolute atomic E-state index is 0.188. The maximum Gasteiger partial charge on any atom is 0.329 e. The van der Waals surface area contributed by atoms with E-state index in [1.165, 1.54) is 0 Å². The van der Waals surface area contributed by atoms with Crippen molar-refractivity contribution in [2.45, 2.75) is 26.0 Å². The van der Waals surface area contributed by atoms with Crippen LogP contribution in [0.1, 0.15) is 27.9 Å². The van der Waals surface area contributed by atoms with E-state index in [4.69, 9.17) is 16.3 Å². The normalized spacial score (nSPS) is 11.7. The van der Waals surface area contributed by atoms with E-state index in [1.807, 2.05) is 37.4 Å². The average molecular weight is 392 g/mol. The minimum atomic E-state index is -0.685. The van der Waals surface area contributed by atoms with Gasteiger partial charge in [-0.15, -0.1) is 0 Å². The van der Waals surface area contributed by atoms with Crippen LogP contribution in [0, 0.1) is 6.92 Å². The number of benzene rings is 2. The molecule has 0 radical (unpaired) electrons. The number of ether oxygens (including phenoxy) is 1. The molecule has 26 heavy (non-hydrogen) atoms. The van der Waals surface area contributed by atoms with Crippen LogP contribution >= 0.6 is 23.4 Å². The summed E-state index contributed by atoms with van der Waals surface area (Å²) in [6, 6.07) is 13.6. The Morgan fingerprint density at radius 3 is 2.58 bits per heavy atom. The maximum atomic E-state index is 12.5. The molecule has 0 bridgehead atoms. The Balaban J connectivity index is 1.99. The lowest BCUT2D eigenvalue weighted by Gasteiger charge is -2.17. The maximum absolute atomic E-state index is 12.5. The Morgan fingerprint density at radius 2 is 1.92 bits per heavy atom. The van der Waals surface area contributed by atoms with Crippen molar-refractivity contribution in [1.82, 2.24) is 5.32 Å². The van der Waals surface area contributed by atoms with Crippen molar-refractivity contribution in [2.24, 2.45) is 0 Å². The van der Waals surface area contributed by atoms with Gasteiger partial charge in [-0.2, -0.15) is 11.8 Å². The van der Waals surface area contributed by atoms with E-state index in [2.05, 4.69) is 5.32 Å². The molecule has 0 aromatic heterocycles. The molecule has 0 saturated heterocycles. The van der Waals surface area contributed by atoms with Crippen LogP contribution in [-0.4, -0.2) is 29.9 Å². The number of aryl methyl sites for hydroxylation is 1.